The maximum absolute atomic E-state index is 12.9. The molecule has 3 aliphatic rings. The van der Waals surface area contributed by atoms with Crippen molar-refractivity contribution in [2.24, 2.45) is 0 Å². The number of carbonyl (C=O) groups is 4. The number of aryl methyl sites for hydroxylation is 2. The van der Waals surface area contributed by atoms with E-state index < -0.39 is 72.3 Å². The van der Waals surface area contributed by atoms with E-state index in [2.05, 4.69) is 15.5 Å². The van der Waals surface area contributed by atoms with E-state index in [1.54, 1.807) is 32.8 Å². The monoisotopic (exact) mass is 679 g/mol. The molecule has 16 heteroatoms. The molecule has 1 aromatic carbocycles. The Morgan fingerprint density at radius 3 is 2.40 bits per heavy atom. The van der Waals surface area contributed by atoms with Crippen LogP contribution in [0, 0.1) is 13.8 Å². The maximum Gasteiger partial charge on any atom is 0.336 e. The van der Waals surface area contributed by atoms with Crippen LogP contribution in [0.3, 0.4) is 0 Å². The lowest BCUT2D eigenvalue weighted by Crippen LogP contribution is -2.68. The number of aromatic hydroxyl groups is 1. The number of benzene rings is 1. The molecule has 3 fully saturated rings. The summed E-state index contributed by atoms with van der Waals surface area (Å²) < 4.78 is 11.9. The number of nitrogens with zero attached hydrogens (tertiary/aromatic N) is 3. The van der Waals surface area contributed by atoms with E-state index in [4.69, 9.17) is 9.47 Å². The van der Waals surface area contributed by atoms with E-state index in [-0.39, 0.29) is 30.3 Å². The average Bonchev–Trinajstić information content (AvgIpc) is 3.45. The van der Waals surface area contributed by atoms with Crippen LogP contribution in [0.1, 0.15) is 47.7 Å². The number of aliphatic carboxylic acids is 1. The first-order valence-electron chi connectivity index (χ1n) is 16.1. The van der Waals surface area contributed by atoms with Crippen LogP contribution in [0.25, 0.3) is 0 Å². The first kappa shape index (κ1) is 37.3. The molecule has 0 unspecified atom stereocenters. The van der Waals surface area contributed by atoms with Crippen molar-refractivity contribution in [1.29, 1.82) is 0 Å². The molecule has 4 amide bonds. The summed E-state index contributed by atoms with van der Waals surface area (Å²) in [5.41, 5.74) is -1.39. The zero-order valence-electron chi connectivity index (χ0n) is 28.1. The van der Waals surface area contributed by atoms with E-state index in [0.717, 1.165) is 0 Å². The van der Waals surface area contributed by atoms with Gasteiger partial charge in [-0.1, -0.05) is 0 Å². The lowest BCUT2D eigenvalue weighted by Gasteiger charge is -2.49. The van der Waals surface area contributed by atoms with Crippen molar-refractivity contribution in [3.8, 4) is 5.75 Å². The number of aliphatic hydroxyl groups excluding tert-OH is 3. The van der Waals surface area contributed by atoms with Gasteiger partial charge in [-0.2, -0.15) is 0 Å². The van der Waals surface area contributed by atoms with Crippen molar-refractivity contribution < 1.29 is 54.2 Å². The van der Waals surface area contributed by atoms with E-state index in [1.165, 1.54) is 24.0 Å². The summed E-state index contributed by atoms with van der Waals surface area (Å²) in [7, 11) is 3.35. The number of carboxylic acids is 1. The van der Waals surface area contributed by atoms with Gasteiger partial charge in [-0.3, -0.25) is 14.5 Å². The topological polar surface area (TPSA) is 222 Å². The third-order valence-electron chi connectivity index (χ3n) is 9.70. The molecule has 1 aromatic rings. The molecule has 1 spiro atoms. The fraction of sp³-hybridized carbons (Fsp3) is 0.688. The third kappa shape index (κ3) is 7.84. The highest BCUT2D eigenvalue weighted by atomic mass is 16.6. The summed E-state index contributed by atoms with van der Waals surface area (Å²) in [5.74, 6) is -2.50. The van der Waals surface area contributed by atoms with Crippen LogP contribution >= 0.6 is 0 Å². The van der Waals surface area contributed by atoms with Crippen molar-refractivity contribution in [2.75, 3.05) is 60.0 Å². The SMILES string of the molecule is CC(=O)N[C@H]1[C@H]([C@H](O)[C@H](O)CNC(=O)c2cc(C)c(O)c(C)c2)O[C@@](CCN2CCOC[C@@]23CCN(C(=O)N(C)C)C3)(C(=O)O)C[C@@H]1O. The quantitative estimate of drug-likeness (QED) is 0.155. The van der Waals surface area contributed by atoms with Crippen LogP contribution in [0.5, 0.6) is 5.75 Å². The lowest BCUT2D eigenvalue weighted by molar-refractivity contribution is -0.231. The fourth-order valence-electron chi connectivity index (χ4n) is 7.00. The molecule has 0 radical (unpaired) electrons. The standard InChI is InChI=1S/C32H49N5O11/c1-18-12-21(13-19(2)25(18)41)28(43)33-15-23(40)26(42)27-24(34-20(3)38)22(39)14-32(48-27,29(44)45)7-9-37-10-11-47-17-31(37)6-8-36(16-31)30(46)35(4)5/h12-13,22-24,26-27,39-42H,6-11,14-17H2,1-5H3,(H,33,43)(H,34,38)(H,44,45)/t22-,23+,24+,26+,27+,31-,32+/m0/s1. The molecule has 3 heterocycles. The first-order valence-corrected chi connectivity index (χ1v) is 16.1. The normalized spacial score (nSPS) is 28.9. The Balaban J connectivity index is 1.51. The zero-order valence-corrected chi connectivity index (χ0v) is 28.1. The van der Waals surface area contributed by atoms with Crippen LogP contribution in [0.15, 0.2) is 12.1 Å². The molecular weight excluding hydrogens is 630 g/mol. The largest absolute Gasteiger partial charge is 0.507 e. The Labute approximate surface area is 279 Å². The average molecular weight is 680 g/mol. The smallest absolute Gasteiger partial charge is 0.336 e. The second-order valence-electron chi connectivity index (χ2n) is 13.5. The van der Waals surface area contributed by atoms with Gasteiger partial charge in [-0.05, 0) is 43.5 Å². The number of aliphatic hydroxyl groups is 3. The van der Waals surface area contributed by atoms with Crippen LogP contribution in [0.4, 0.5) is 4.79 Å². The number of carbonyl (C=O) groups excluding carboxylic acids is 3. The maximum atomic E-state index is 12.9. The predicted octanol–water partition coefficient (Wildman–Crippen LogP) is -1.21. The summed E-state index contributed by atoms with van der Waals surface area (Å²) >= 11 is 0. The molecule has 16 nitrogen and oxygen atoms in total. The number of likely N-dealkylation sites (tertiary alicyclic amines) is 1. The van der Waals surface area contributed by atoms with Gasteiger partial charge >= 0.3 is 12.0 Å². The van der Waals surface area contributed by atoms with E-state index in [1.807, 2.05) is 0 Å². The number of hydrogen-bond donors (Lipinski definition) is 7. The van der Waals surface area contributed by atoms with E-state index in [9.17, 15) is 44.7 Å². The highest BCUT2D eigenvalue weighted by molar-refractivity contribution is 5.95. The highest BCUT2D eigenvalue weighted by Crippen LogP contribution is 2.38. The van der Waals surface area contributed by atoms with Gasteiger partial charge in [0, 0.05) is 72.1 Å². The number of ether oxygens (including phenoxy) is 2. The first-order chi connectivity index (χ1) is 22.5. The van der Waals surface area contributed by atoms with Gasteiger partial charge < -0.3 is 55.4 Å². The molecule has 3 saturated heterocycles. The van der Waals surface area contributed by atoms with Crippen LogP contribution < -0.4 is 10.6 Å². The summed E-state index contributed by atoms with van der Waals surface area (Å²) in [5, 5.41) is 59.0. The molecule has 0 bridgehead atoms. The molecule has 4 rings (SSSR count). The van der Waals surface area contributed by atoms with Gasteiger partial charge in [-0.15, -0.1) is 0 Å². The number of nitrogens with one attached hydrogen (secondary N) is 2. The summed E-state index contributed by atoms with van der Waals surface area (Å²) in [6.45, 7) is 6.30. The van der Waals surface area contributed by atoms with E-state index in [0.29, 0.717) is 50.4 Å². The molecule has 0 saturated carbocycles. The number of urea groups is 1. The minimum absolute atomic E-state index is 0.0503. The van der Waals surface area contributed by atoms with Crippen molar-refractivity contribution in [3.63, 3.8) is 0 Å². The van der Waals surface area contributed by atoms with Crippen molar-refractivity contribution >= 4 is 23.8 Å². The summed E-state index contributed by atoms with van der Waals surface area (Å²) in [6, 6.07) is 1.53. The van der Waals surface area contributed by atoms with Crippen LogP contribution in [-0.2, 0) is 19.1 Å². The minimum Gasteiger partial charge on any atom is -0.507 e. The van der Waals surface area contributed by atoms with Crippen LogP contribution in [0.2, 0.25) is 0 Å². The Hall–Kier alpha value is -3.54. The Kier molecular flexibility index (Phi) is 11.6. The number of amides is 4. The number of phenolic OH excluding ortho intramolecular Hbond substituents is 1. The lowest BCUT2D eigenvalue weighted by atomic mass is 9.81. The molecule has 3 aliphatic heterocycles. The molecule has 7 N–H and O–H groups in total. The molecule has 268 valence electrons. The second-order valence-corrected chi connectivity index (χ2v) is 13.5. The zero-order chi connectivity index (χ0) is 35.6. The van der Waals surface area contributed by atoms with Crippen molar-refractivity contribution in [2.45, 2.75) is 81.6 Å². The molecule has 7 atom stereocenters. The molecule has 0 aromatic heterocycles. The Morgan fingerprint density at radius 1 is 1.12 bits per heavy atom. The van der Waals surface area contributed by atoms with Gasteiger partial charge in [0.05, 0.1) is 37.0 Å². The van der Waals surface area contributed by atoms with Gasteiger partial charge in [-0.25, -0.2) is 9.59 Å². The highest BCUT2D eigenvalue weighted by Gasteiger charge is 2.55. The minimum atomic E-state index is -2.01. The van der Waals surface area contributed by atoms with Gasteiger partial charge in [0.1, 0.15) is 18.0 Å². The predicted molar refractivity (Wildman–Crippen MR) is 170 cm³/mol. The number of morpholine rings is 1. The van der Waals surface area contributed by atoms with Crippen LogP contribution in [-0.4, -0.2) is 166 Å². The Bertz CT molecular complexity index is 1350. The molecule has 0 aliphatic carbocycles. The number of rotatable bonds is 10. The fourth-order valence-corrected chi connectivity index (χ4v) is 7.00. The number of phenols is 1. The van der Waals surface area contributed by atoms with Gasteiger partial charge in [0.2, 0.25) is 5.91 Å². The summed E-state index contributed by atoms with van der Waals surface area (Å²) in [6.07, 6.45) is -6.49. The summed E-state index contributed by atoms with van der Waals surface area (Å²) in [4.78, 5) is 55.8. The van der Waals surface area contributed by atoms with Crippen molar-refractivity contribution in [1.82, 2.24) is 25.3 Å². The van der Waals surface area contributed by atoms with E-state index >= 15 is 0 Å². The Morgan fingerprint density at radius 2 is 1.79 bits per heavy atom. The molecular formula is C32H49N5O11. The third-order valence-corrected chi connectivity index (χ3v) is 9.70. The number of carboxylic acid groups (broad SMARTS) is 1. The number of hydrogen-bond acceptors (Lipinski definition) is 11. The molecule has 48 heavy (non-hydrogen) atoms. The van der Waals surface area contributed by atoms with Gasteiger partial charge in [0.15, 0.2) is 5.60 Å². The van der Waals surface area contributed by atoms with Gasteiger partial charge in [0.25, 0.3) is 5.91 Å². The van der Waals surface area contributed by atoms with Crippen molar-refractivity contribution in [3.05, 3.63) is 28.8 Å². The second kappa shape index (κ2) is 14.9.